The van der Waals surface area contributed by atoms with Gasteiger partial charge in [-0.2, -0.15) is 0 Å². The van der Waals surface area contributed by atoms with Crippen molar-refractivity contribution in [2.45, 2.75) is 43.2 Å². The summed E-state index contributed by atoms with van der Waals surface area (Å²) in [7, 11) is 0. The largest absolute Gasteiger partial charge is 0.359 e. The van der Waals surface area contributed by atoms with Gasteiger partial charge in [-0.15, -0.1) is 0 Å². The highest BCUT2D eigenvalue weighted by molar-refractivity contribution is 9.09. The van der Waals surface area contributed by atoms with Gasteiger partial charge in [0.15, 0.2) is 5.11 Å². The minimum absolute atomic E-state index is 0.0436. The molecule has 2 fully saturated rings. The second-order valence-electron chi connectivity index (χ2n) is 7.86. The lowest BCUT2D eigenvalue weighted by Gasteiger charge is -2.43. The Bertz CT molecular complexity index is 935. The molecule has 30 heavy (non-hydrogen) atoms. The highest BCUT2D eigenvalue weighted by Gasteiger charge is 2.42. The number of nitrogens with one attached hydrogen (secondary N) is 2. The van der Waals surface area contributed by atoms with E-state index in [9.17, 15) is 9.59 Å². The van der Waals surface area contributed by atoms with Gasteiger partial charge < -0.3 is 10.6 Å². The summed E-state index contributed by atoms with van der Waals surface area (Å²) in [6.45, 7) is 0.896. The SMILES string of the molecule is O=C(NCc1ccccc1)c1ccc(CN2C(=O)C3CC(Br)CCC3NC2=S)cc1. The third-order valence-electron chi connectivity index (χ3n) is 5.78. The molecule has 1 saturated heterocycles. The molecule has 3 atom stereocenters. The molecular formula is C23H24BrN3O2S. The second-order valence-corrected chi connectivity index (χ2v) is 9.54. The van der Waals surface area contributed by atoms with Crippen LogP contribution in [0, 0.1) is 5.92 Å². The fourth-order valence-electron chi connectivity index (χ4n) is 4.08. The van der Waals surface area contributed by atoms with Crippen molar-refractivity contribution in [3.05, 3.63) is 71.3 Å². The number of halogens is 1. The first-order chi connectivity index (χ1) is 14.5. The zero-order chi connectivity index (χ0) is 21.1. The molecule has 4 rings (SSSR count). The van der Waals surface area contributed by atoms with Gasteiger partial charge in [-0.05, 0) is 54.7 Å². The first-order valence-electron chi connectivity index (χ1n) is 10.2. The Balaban J connectivity index is 1.37. The third kappa shape index (κ3) is 4.73. The number of nitrogens with zero attached hydrogens (tertiary/aromatic N) is 1. The van der Waals surface area contributed by atoms with Crippen LogP contribution in [0.3, 0.4) is 0 Å². The predicted octanol–water partition coefficient (Wildman–Crippen LogP) is 3.77. The summed E-state index contributed by atoms with van der Waals surface area (Å²) >= 11 is 9.13. The Kier molecular flexibility index (Phi) is 6.49. The van der Waals surface area contributed by atoms with Crippen molar-refractivity contribution in [2.24, 2.45) is 5.92 Å². The molecule has 1 aliphatic carbocycles. The van der Waals surface area contributed by atoms with Crippen molar-refractivity contribution in [3.63, 3.8) is 0 Å². The molecule has 1 aliphatic heterocycles. The average Bonchev–Trinajstić information content (AvgIpc) is 2.77. The summed E-state index contributed by atoms with van der Waals surface area (Å²) in [5.74, 6) is -0.0690. The van der Waals surface area contributed by atoms with E-state index in [1.165, 1.54) is 0 Å². The Morgan fingerprint density at radius 2 is 1.83 bits per heavy atom. The molecule has 5 nitrogen and oxygen atoms in total. The molecule has 2 aromatic rings. The number of hydrogen-bond acceptors (Lipinski definition) is 3. The van der Waals surface area contributed by atoms with Gasteiger partial charge in [0.2, 0.25) is 5.91 Å². The standard InChI is InChI=1S/C23H24BrN3O2S/c24-18-10-11-20-19(12-18)22(29)27(23(30)26-20)14-16-6-8-17(9-7-16)21(28)25-13-15-4-2-1-3-5-15/h1-9,18-20H,10-14H2,(H,25,28)(H,26,30). The number of rotatable bonds is 5. The van der Waals surface area contributed by atoms with Gasteiger partial charge in [0.05, 0.1) is 12.5 Å². The normalized spacial score (nSPS) is 23.5. The van der Waals surface area contributed by atoms with E-state index in [4.69, 9.17) is 12.2 Å². The van der Waals surface area contributed by atoms with Gasteiger partial charge in [0.1, 0.15) is 0 Å². The quantitative estimate of drug-likeness (QED) is 0.499. The summed E-state index contributed by atoms with van der Waals surface area (Å²) in [6, 6.07) is 17.3. The van der Waals surface area contributed by atoms with Crippen LogP contribution in [0.1, 0.15) is 40.7 Å². The molecule has 0 radical (unpaired) electrons. The number of alkyl halides is 1. The van der Waals surface area contributed by atoms with Crippen LogP contribution >= 0.6 is 28.1 Å². The molecular weight excluding hydrogens is 462 g/mol. The molecule has 1 saturated carbocycles. The van der Waals surface area contributed by atoms with E-state index in [1.54, 1.807) is 17.0 Å². The van der Waals surface area contributed by atoms with Crippen LogP contribution in [0.25, 0.3) is 0 Å². The van der Waals surface area contributed by atoms with Crippen LogP contribution in [0.2, 0.25) is 0 Å². The van der Waals surface area contributed by atoms with Gasteiger partial charge >= 0.3 is 0 Å². The van der Waals surface area contributed by atoms with Crippen LogP contribution in [0.5, 0.6) is 0 Å². The van der Waals surface area contributed by atoms with Gasteiger partial charge in [-0.25, -0.2) is 0 Å². The van der Waals surface area contributed by atoms with Gasteiger partial charge in [-0.1, -0.05) is 58.4 Å². The van der Waals surface area contributed by atoms with Crippen molar-refractivity contribution in [1.82, 2.24) is 15.5 Å². The Hall–Kier alpha value is -2.25. The number of amides is 2. The molecule has 0 spiro atoms. The molecule has 2 aliphatic rings. The van der Waals surface area contributed by atoms with Crippen LogP contribution in [-0.2, 0) is 17.9 Å². The van der Waals surface area contributed by atoms with Gasteiger partial charge in [0, 0.05) is 23.0 Å². The lowest BCUT2D eigenvalue weighted by molar-refractivity contribution is -0.135. The molecule has 1 heterocycles. The summed E-state index contributed by atoms with van der Waals surface area (Å²) < 4.78 is 0. The maximum absolute atomic E-state index is 13.0. The van der Waals surface area contributed by atoms with Crippen molar-refractivity contribution in [1.29, 1.82) is 0 Å². The number of fused-ring (bicyclic) bond motifs is 1. The van der Waals surface area contributed by atoms with E-state index < -0.39 is 0 Å². The molecule has 0 aromatic heterocycles. The number of carbonyl (C=O) groups is 2. The monoisotopic (exact) mass is 485 g/mol. The molecule has 7 heteroatoms. The minimum atomic E-state index is -0.120. The first kappa shape index (κ1) is 21.0. The Labute approximate surface area is 190 Å². The van der Waals surface area contributed by atoms with Crippen molar-refractivity contribution in [2.75, 3.05) is 0 Å². The number of carbonyl (C=O) groups excluding carboxylic acids is 2. The Morgan fingerprint density at radius 1 is 1.10 bits per heavy atom. The summed E-state index contributed by atoms with van der Waals surface area (Å²) in [5.41, 5.74) is 2.59. The van der Waals surface area contributed by atoms with Crippen LogP contribution in [-0.4, -0.2) is 32.7 Å². The molecule has 3 unspecified atom stereocenters. The predicted molar refractivity (Wildman–Crippen MR) is 124 cm³/mol. The molecule has 2 N–H and O–H groups in total. The lowest BCUT2D eigenvalue weighted by atomic mass is 9.82. The van der Waals surface area contributed by atoms with E-state index in [-0.39, 0.29) is 23.8 Å². The van der Waals surface area contributed by atoms with E-state index in [1.807, 2.05) is 42.5 Å². The van der Waals surface area contributed by atoms with Crippen LogP contribution < -0.4 is 10.6 Å². The number of benzene rings is 2. The molecule has 2 aromatic carbocycles. The lowest BCUT2D eigenvalue weighted by Crippen LogP contribution is -2.61. The van der Waals surface area contributed by atoms with E-state index in [0.717, 1.165) is 30.4 Å². The van der Waals surface area contributed by atoms with Gasteiger partial charge in [0.25, 0.3) is 5.91 Å². The summed E-state index contributed by atoms with van der Waals surface area (Å²) in [5, 5.41) is 6.78. The number of thiocarbonyl (C=S) groups is 1. The zero-order valence-corrected chi connectivity index (χ0v) is 18.9. The summed E-state index contributed by atoms with van der Waals surface area (Å²) in [6.07, 6.45) is 2.83. The minimum Gasteiger partial charge on any atom is -0.359 e. The van der Waals surface area contributed by atoms with Gasteiger partial charge in [-0.3, -0.25) is 14.5 Å². The topological polar surface area (TPSA) is 61.4 Å². The fourth-order valence-corrected chi connectivity index (χ4v) is 5.05. The molecule has 2 amide bonds. The maximum Gasteiger partial charge on any atom is 0.251 e. The highest BCUT2D eigenvalue weighted by Crippen LogP contribution is 2.33. The van der Waals surface area contributed by atoms with Crippen molar-refractivity contribution in [3.8, 4) is 0 Å². The van der Waals surface area contributed by atoms with Crippen molar-refractivity contribution >= 4 is 45.1 Å². The molecule has 0 bridgehead atoms. The van der Waals surface area contributed by atoms with Crippen molar-refractivity contribution < 1.29 is 9.59 Å². The highest BCUT2D eigenvalue weighted by atomic mass is 79.9. The third-order valence-corrected chi connectivity index (χ3v) is 6.95. The van der Waals surface area contributed by atoms with Crippen LogP contribution in [0.15, 0.2) is 54.6 Å². The summed E-state index contributed by atoms with van der Waals surface area (Å²) in [4.78, 5) is 27.5. The second kappa shape index (κ2) is 9.27. The smallest absolute Gasteiger partial charge is 0.251 e. The zero-order valence-electron chi connectivity index (χ0n) is 16.5. The van der Waals surface area contributed by atoms with E-state index in [0.29, 0.717) is 28.6 Å². The average molecular weight is 486 g/mol. The first-order valence-corrected chi connectivity index (χ1v) is 11.5. The Morgan fingerprint density at radius 3 is 2.57 bits per heavy atom. The molecule has 156 valence electrons. The van der Waals surface area contributed by atoms with Crippen LogP contribution in [0.4, 0.5) is 0 Å². The maximum atomic E-state index is 13.0. The fraction of sp³-hybridized carbons (Fsp3) is 0.348. The number of hydrogen-bond donors (Lipinski definition) is 2. The van der Waals surface area contributed by atoms with E-state index >= 15 is 0 Å². The van der Waals surface area contributed by atoms with E-state index in [2.05, 4.69) is 26.6 Å².